The third-order valence-electron chi connectivity index (χ3n) is 3.03. The van der Waals surface area contributed by atoms with Crippen molar-refractivity contribution in [2.45, 2.75) is 32.1 Å². The fourth-order valence-corrected chi connectivity index (χ4v) is 3.72. The van der Waals surface area contributed by atoms with Crippen LogP contribution in [0.5, 0.6) is 0 Å². The molecule has 1 rings (SSSR count). The number of unbranched alkanes of at least 4 members (excludes halogenated alkanes) is 3. The molecule has 6 heteroatoms. The molecular weight excluding hydrogens is 240 g/mol. The zero-order valence-corrected chi connectivity index (χ0v) is 11.0. The molecule has 1 amide bonds. The maximum Gasteiger partial charge on any atom is 0.224 e. The molecule has 0 spiro atoms. The summed E-state index contributed by atoms with van der Waals surface area (Å²) >= 11 is 0. The van der Waals surface area contributed by atoms with Crippen LogP contribution in [0.1, 0.15) is 32.1 Å². The van der Waals surface area contributed by atoms with Crippen LogP contribution < -0.4 is 11.1 Å². The van der Waals surface area contributed by atoms with Crippen molar-refractivity contribution in [2.75, 3.05) is 24.6 Å². The van der Waals surface area contributed by atoms with E-state index in [1.54, 1.807) is 0 Å². The molecule has 0 radical (unpaired) electrons. The van der Waals surface area contributed by atoms with E-state index in [9.17, 15) is 13.2 Å². The number of rotatable bonds is 7. The van der Waals surface area contributed by atoms with Crippen molar-refractivity contribution >= 4 is 15.7 Å². The fourth-order valence-electron chi connectivity index (χ4n) is 1.98. The molecule has 0 aliphatic carbocycles. The van der Waals surface area contributed by atoms with Crippen LogP contribution in [0.15, 0.2) is 0 Å². The smallest absolute Gasteiger partial charge is 0.224 e. The van der Waals surface area contributed by atoms with E-state index in [0.29, 0.717) is 19.5 Å². The molecule has 1 aliphatic rings. The van der Waals surface area contributed by atoms with Gasteiger partial charge in [0, 0.05) is 6.54 Å². The van der Waals surface area contributed by atoms with E-state index in [4.69, 9.17) is 5.73 Å². The van der Waals surface area contributed by atoms with E-state index in [-0.39, 0.29) is 23.3 Å². The molecule has 1 aliphatic heterocycles. The van der Waals surface area contributed by atoms with Crippen molar-refractivity contribution in [2.24, 2.45) is 11.7 Å². The first-order valence-electron chi connectivity index (χ1n) is 6.23. The summed E-state index contributed by atoms with van der Waals surface area (Å²) < 4.78 is 22.4. The minimum Gasteiger partial charge on any atom is -0.356 e. The van der Waals surface area contributed by atoms with E-state index in [1.165, 1.54) is 0 Å². The Kier molecular flexibility index (Phi) is 5.91. The molecule has 1 fully saturated rings. The largest absolute Gasteiger partial charge is 0.356 e. The molecule has 1 saturated heterocycles. The number of carbonyl (C=O) groups excluding carboxylic acids is 1. The maximum absolute atomic E-state index is 11.6. The molecule has 0 aromatic carbocycles. The molecular formula is C11H22N2O3S. The average Bonchev–Trinajstić information content (AvgIpc) is 2.64. The van der Waals surface area contributed by atoms with Crippen molar-refractivity contribution < 1.29 is 13.2 Å². The Bertz CT molecular complexity index is 341. The Morgan fingerprint density at radius 1 is 1.24 bits per heavy atom. The van der Waals surface area contributed by atoms with Gasteiger partial charge < -0.3 is 11.1 Å². The molecule has 100 valence electrons. The summed E-state index contributed by atoms with van der Waals surface area (Å²) in [6.45, 7) is 1.35. The van der Waals surface area contributed by atoms with Gasteiger partial charge in [-0.3, -0.25) is 4.79 Å². The van der Waals surface area contributed by atoms with Crippen LogP contribution >= 0.6 is 0 Å². The van der Waals surface area contributed by atoms with Crippen molar-refractivity contribution in [1.29, 1.82) is 0 Å². The Morgan fingerprint density at radius 3 is 2.53 bits per heavy atom. The van der Waals surface area contributed by atoms with Gasteiger partial charge in [-0.25, -0.2) is 8.42 Å². The van der Waals surface area contributed by atoms with Gasteiger partial charge in [0.15, 0.2) is 9.84 Å². The van der Waals surface area contributed by atoms with Gasteiger partial charge in [0.2, 0.25) is 5.91 Å². The summed E-state index contributed by atoms with van der Waals surface area (Å²) in [7, 11) is -2.96. The highest BCUT2D eigenvalue weighted by Crippen LogP contribution is 2.18. The highest BCUT2D eigenvalue weighted by Gasteiger charge is 2.32. The summed E-state index contributed by atoms with van der Waals surface area (Å²) in [4.78, 5) is 11.6. The van der Waals surface area contributed by atoms with Gasteiger partial charge in [0.05, 0.1) is 17.4 Å². The number of nitrogens with two attached hydrogens (primary N) is 1. The number of carbonyl (C=O) groups is 1. The highest BCUT2D eigenvalue weighted by atomic mass is 32.2. The zero-order valence-electron chi connectivity index (χ0n) is 10.2. The number of nitrogens with one attached hydrogen (secondary N) is 1. The fraction of sp³-hybridized carbons (Fsp3) is 0.909. The molecule has 1 heterocycles. The molecule has 3 N–H and O–H groups in total. The molecule has 0 aromatic heterocycles. The van der Waals surface area contributed by atoms with Gasteiger partial charge in [-0.05, 0) is 25.8 Å². The predicted octanol–water partition coefficient (Wildman–Crippen LogP) is 0.0564. The number of hydrogen-bond acceptors (Lipinski definition) is 4. The summed E-state index contributed by atoms with van der Waals surface area (Å²) in [6.07, 6.45) is 4.58. The quantitative estimate of drug-likeness (QED) is 0.635. The van der Waals surface area contributed by atoms with Crippen molar-refractivity contribution in [3.8, 4) is 0 Å². The van der Waals surface area contributed by atoms with E-state index >= 15 is 0 Å². The van der Waals surface area contributed by atoms with Crippen LogP contribution in [0.25, 0.3) is 0 Å². The summed E-state index contributed by atoms with van der Waals surface area (Å²) in [5.41, 5.74) is 5.37. The first-order chi connectivity index (χ1) is 8.05. The highest BCUT2D eigenvalue weighted by molar-refractivity contribution is 7.91. The molecule has 0 aromatic rings. The van der Waals surface area contributed by atoms with Crippen molar-refractivity contribution in [3.05, 3.63) is 0 Å². The third kappa shape index (κ3) is 5.50. The molecule has 0 saturated carbocycles. The molecule has 1 unspecified atom stereocenters. The summed E-state index contributed by atoms with van der Waals surface area (Å²) in [5, 5.41) is 2.80. The number of sulfone groups is 1. The maximum atomic E-state index is 11.6. The van der Waals surface area contributed by atoms with Crippen molar-refractivity contribution in [1.82, 2.24) is 5.32 Å². The second-order valence-corrected chi connectivity index (χ2v) is 6.82. The summed E-state index contributed by atoms with van der Waals surface area (Å²) in [5.74, 6) is -0.262. The monoisotopic (exact) mass is 262 g/mol. The average molecular weight is 262 g/mol. The van der Waals surface area contributed by atoms with Crippen LogP contribution in [0.4, 0.5) is 0 Å². The Labute approximate surface area is 103 Å². The lowest BCUT2D eigenvalue weighted by Gasteiger charge is -2.09. The Morgan fingerprint density at radius 2 is 1.94 bits per heavy atom. The molecule has 0 bridgehead atoms. The van der Waals surface area contributed by atoms with E-state index in [0.717, 1.165) is 25.7 Å². The Balaban J connectivity index is 2.10. The van der Waals surface area contributed by atoms with Crippen LogP contribution in [0.3, 0.4) is 0 Å². The normalized spacial score (nSPS) is 22.5. The van der Waals surface area contributed by atoms with Gasteiger partial charge in [-0.2, -0.15) is 0 Å². The van der Waals surface area contributed by atoms with Gasteiger partial charge in [0.1, 0.15) is 0 Å². The first-order valence-corrected chi connectivity index (χ1v) is 8.05. The first kappa shape index (κ1) is 14.4. The lowest BCUT2D eigenvalue weighted by atomic mass is 10.1. The van der Waals surface area contributed by atoms with Gasteiger partial charge in [-0.15, -0.1) is 0 Å². The molecule has 1 atom stereocenters. The van der Waals surface area contributed by atoms with E-state index < -0.39 is 9.84 Å². The molecule has 17 heavy (non-hydrogen) atoms. The molecule has 5 nitrogen and oxygen atoms in total. The van der Waals surface area contributed by atoms with Gasteiger partial charge in [0.25, 0.3) is 0 Å². The van der Waals surface area contributed by atoms with Crippen LogP contribution in [0.2, 0.25) is 0 Å². The summed E-state index contributed by atoms with van der Waals surface area (Å²) in [6, 6.07) is 0. The van der Waals surface area contributed by atoms with Crippen LogP contribution in [0, 0.1) is 5.92 Å². The SMILES string of the molecule is NCCCCCCNC(=O)C1CCS(=O)(=O)C1. The third-order valence-corrected chi connectivity index (χ3v) is 4.80. The van der Waals surface area contributed by atoms with Crippen molar-refractivity contribution in [3.63, 3.8) is 0 Å². The minimum absolute atomic E-state index is 0.0198. The predicted molar refractivity (Wildman–Crippen MR) is 67.3 cm³/mol. The van der Waals surface area contributed by atoms with Crippen LogP contribution in [-0.4, -0.2) is 38.9 Å². The van der Waals surface area contributed by atoms with E-state index in [2.05, 4.69) is 5.32 Å². The van der Waals surface area contributed by atoms with Crippen LogP contribution in [-0.2, 0) is 14.6 Å². The van der Waals surface area contributed by atoms with E-state index in [1.807, 2.05) is 0 Å². The topological polar surface area (TPSA) is 89.3 Å². The minimum atomic E-state index is -2.96. The second-order valence-electron chi connectivity index (χ2n) is 4.59. The Hall–Kier alpha value is -0.620. The number of hydrogen-bond donors (Lipinski definition) is 2. The lowest BCUT2D eigenvalue weighted by Crippen LogP contribution is -2.32. The lowest BCUT2D eigenvalue weighted by molar-refractivity contribution is -0.124. The standard InChI is InChI=1S/C11H22N2O3S/c12-6-3-1-2-4-7-13-11(14)10-5-8-17(15,16)9-10/h10H,1-9,12H2,(H,13,14). The second kappa shape index (κ2) is 6.96. The zero-order chi connectivity index (χ0) is 12.7. The van der Waals surface area contributed by atoms with Gasteiger partial charge >= 0.3 is 0 Å². The van der Waals surface area contributed by atoms with Gasteiger partial charge in [-0.1, -0.05) is 12.8 Å². The number of amides is 1.